The van der Waals surface area contributed by atoms with Crippen molar-refractivity contribution in [3.8, 4) is 0 Å². The lowest BCUT2D eigenvalue weighted by Crippen LogP contribution is -2.55. The predicted molar refractivity (Wildman–Crippen MR) is 111 cm³/mol. The van der Waals surface area contributed by atoms with Gasteiger partial charge in [0, 0.05) is 6.54 Å². The van der Waals surface area contributed by atoms with Crippen molar-refractivity contribution in [3.05, 3.63) is 0 Å². The monoisotopic (exact) mass is 428 g/mol. The zero-order chi connectivity index (χ0) is 22.5. The first-order valence-corrected chi connectivity index (χ1v) is 10.6. The molecule has 9 N–H and O–H groups in total. The number of unbranched alkanes of at least 4 members (excludes halogenated alkanes) is 2. The number of nitrogens with one attached hydrogen (secondary N) is 2. The topological polar surface area (TPSA) is 194 Å². The minimum Gasteiger partial charge on any atom is -0.480 e. The minimum atomic E-state index is -1.12. The summed E-state index contributed by atoms with van der Waals surface area (Å²) in [6.07, 6.45) is 4.31. The molecule has 3 unspecified atom stereocenters. The van der Waals surface area contributed by atoms with E-state index < -0.39 is 35.9 Å². The third-order valence-corrected chi connectivity index (χ3v) is 5.17. The number of amides is 3. The normalized spacial score (nSPS) is 18.0. The molecule has 1 aliphatic rings. The van der Waals surface area contributed by atoms with Crippen LogP contribution >= 0.6 is 0 Å². The van der Waals surface area contributed by atoms with Gasteiger partial charge in [0.2, 0.25) is 17.7 Å². The van der Waals surface area contributed by atoms with Gasteiger partial charge in [0.25, 0.3) is 0 Å². The summed E-state index contributed by atoms with van der Waals surface area (Å²) in [6, 6.07) is -2.58. The van der Waals surface area contributed by atoms with Gasteiger partial charge in [-0.1, -0.05) is 0 Å². The molecule has 0 aromatic carbocycles. The highest BCUT2D eigenvalue weighted by molar-refractivity contribution is 5.94. The number of likely N-dealkylation sites (tertiary alicyclic amines) is 1. The average Bonchev–Trinajstić information content (AvgIpc) is 3.21. The second-order valence-corrected chi connectivity index (χ2v) is 7.48. The number of carboxylic acids is 1. The molecule has 3 amide bonds. The maximum absolute atomic E-state index is 13.1. The van der Waals surface area contributed by atoms with E-state index in [2.05, 4.69) is 10.6 Å². The van der Waals surface area contributed by atoms with Crippen molar-refractivity contribution < 1.29 is 24.3 Å². The first-order valence-electron chi connectivity index (χ1n) is 10.6. The van der Waals surface area contributed by atoms with Gasteiger partial charge in [-0.15, -0.1) is 0 Å². The maximum Gasteiger partial charge on any atom is 0.326 e. The summed E-state index contributed by atoms with van der Waals surface area (Å²) in [5, 5.41) is 14.5. The first kappa shape index (κ1) is 25.8. The summed E-state index contributed by atoms with van der Waals surface area (Å²) < 4.78 is 0. The molecule has 1 saturated heterocycles. The van der Waals surface area contributed by atoms with Crippen LogP contribution < -0.4 is 27.8 Å². The largest absolute Gasteiger partial charge is 0.480 e. The molecule has 11 heteroatoms. The number of rotatable bonds is 14. The van der Waals surface area contributed by atoms with Crippen molar-refractivity contribution in [1.82, 2.24) is 15.5 Å². The zero-order valence-corrected chi connectivity index (χ0v) is 17.5. The van der Waals surface area contributed by atoms with Crippen LogP contribution in [0.5, 0.6) is 0 Å². The predicted octanol–water partition coefficient (Wildman–Crippen LogP) is -1.75. The summed E-state index contributed by atoms with van der Waals surface area (Å²) in [7, 11) is 0. The highest BCUT2D eigenvalue weighted by Gasteiger charge is 2.38. The van der Waals surface area contributed by atoms with E-state index in [0.717, 1.165) is 0 Å². The van der Waals surface area contributed by atoms with Crippen molar-refractivity contribution >= 4 is 23.7 Å². The van der Waals surface area contributed by atoms with E-state index in [0.29, 0.717) is 64.6 Å². The number of carboxylic acid groups (broad SMARTS) is 1. The number of aliphatic carboxylic acids is 1. The quantitative estimate of drug-likeness (QED) is 0.175. The van der Waals surface area contributed by atoms with Gasteiger partial charge in [0.1, 0.15) is 18.1 Å². The number of nitrogens with two attached hydrogens (primary N) is 3. The third-order valence-electron chi connectivity index (χ3n) is 5.17. The second kappa shape index (κ2) is 13.9. The Labute approximate surface area is 177 Å². The van der Waals surface area contributed by atoms with E-state index in [4.69, 9.17) is 17.2 Å². The molecule has 3 atom stereocenters. The summed E-state index contributed by atoms with van der Waals surface area (Å²) in [5.41, 5.74) is 16.3. The third kappa shape index (κ3) is 8.25. The maximum atomic E-state index is 13.1. The summed E-state index contributed by atoms with van der Waals surface area (Å²) in [4.78, 5) is 50.5. The lowest BCUT2D eigenvalue weighted by molar-refractivity contribution is -0.145. The lowest BCUT2D eigenvalue weighted by Gasteiger charge is -2.29. The standard InChI is InChI=1S/C19H36N6O5/c20-9-3-1-6-13(23-16(26)12-22)18(28)25-11-5-8-15(25)17(27)24-14(19(29)30)7-2-4-10-21/h13-15H,1-12,20-22H2,(H,23,26)(H,24,27)(H,29,30). The Bertz CT molecular complexity index is 588. The molecule has 1 heterocycles. The van der Waals surface area contributed by atoms with Crippen molar-refractivity contribution in [3.63, 3.8) is 0 Å². The molecule has 0 aromatic rings. The molecule has 0 aliphatic carbocycles. The fourth-order valence-corrected chi connectivity index (χ4v) is 3.52. The van der Waals surface area contributed by atoms with Gasteiger partial charge in [-0.05, 0) is 64.5 Å². The van der Waals surface area contributed by atoms with Crippen LogP contribution in [0.15, 0.2) is 0 Å². The fourth-order valence-electron chi connectivity index (χ4n) is 3.52. The molecule has 0 radical (unpaired) electrons. The van der Waals surface area contributed by atoms with Crippen LogP contribution in [0.3, 0.4) is 0 Å². The Kier molecular flexibility index (Phi) is 11.9. The number of hydrogen-bond donors (Lipinski definition) is 6. The van der Waals surface area contributed by atoms with Crippen LogP contribution in [0, 0.1) is 0 Å². The van der Waals surface area contributed by atoms with Crippen molar-refractivity contribution in [2.24, 2.45) is 17.2 Å². The Morgan fingerprint density at radius 2 is 1.53 bits per heavy atom. The van der Waals surface area contributed by atoms with Gasteiger partial charge in [-0.3, -0.25) is 14.4 Å². The molecule has 0 aromatic heterocycles. The molecule has 0 spiro atoms. The van der Waals surface area contributed by atoms with E-state index in [1.807, 2.05) is 0 Å². The van der Waals surface area contributed by atoms with E-state index in [1.54, 1.807) is 0 Å². The highest BCUT2D eigenvalue weighted by Crippen LogP contribution is 2.20. The van der Waals surface area contributed by atoms with Crippen LogP contribution in [0.4, 0.5) is 0 Å². The summed E-state index contributed by atoms with van der Waals surface area (Å²) in [6.45, 7) is 1.05. The Morgan fingerprint density at radius 1 is 0.933 bits per heavy atom. The zero-order valence-electron chi connectivity index (χ0n) is 17.5. The van der Waals surface area contributed by atoms with Crippen LogP contribution in [-0.2, 0) is 19.2 Å². The van der Waals surface area contributed by atoms with E-state index in [1.165, 1.54) is 4.90 Å². The minimum absolute atomic E-state index is 0.242. The molecular formula is C19H36N6O5. The number of hydrogen-bond acceptors (Lipinski definition) is 7. The van der Waals surface area contributed by atoms with Crippen molar-refractivity contribution in [2.75, 3.05) is 26.2 Å². The van der Waals surface area contributed by atoms with E-state index >= 15 is 0 Å². The van der Waals surface area contributed by atoms with Gasteiger partial charge in [0.05, 0.1) is 6.54 Å². The fraction of sp³-hybridized carbons (Fsp3) is 0.789. The van der Waals surface area contributed by atoms with Gasteiger partial charge in [0.15, 0.2) is 0 Å². The van der Waals surface area contributed by atoms with Gasteiger partial charge < -0.3 is 37.8 Å². The molecule has 1 fully saturated rings. The molecule has 30 heavy (non-hydrogen) atoms. The molecule has 0 saturated carbocycles. The Balaban J connectivity index is 2.82. The van der Waals surface area contributed by atoms with Crippen molar-refractivity contribution in [2.45, 2.75) is 69.5 Å². The molecule has 172 valence electrons. The van der Waals surface area contributed by atoms with E-state index in [-0.39, 0.29) is 18.9 Å². The SMILES string of the molecule is NCCCCC(NC(=O)C1CCCN1C(=O)C(CCCCN)NC(=O)CN)C(=O)O. The molecule has 1 rings (SSSR count). The highest BCUT2D eigenvalue weighted by atomic mass is 16.4. The van der Waals surface area contributed by atoms with Crippen molar-refractivity contribution in [1.29, 1.82) is 0 Å². The average molecular weight is 429 g/mol. The van der Waals surface area contributed by atoms with E-state index in [9.17, 15) is 24.3 Å². The number of carbonyl (C=O) groups is 4. The summed E-state index contributed by atoms with van der Waals surface area (Å²) >= 11 is 0. The van der Waals surface area contributed by atoms with Crippen LogP contribution in [0.1, 0.15) is 51.4 Å². The summed E-state index contributed by atoms with van der Waals surface area (Å²) in [5.74, 6) is -2.42. The first-order chi connectivity index (χ1) is 14.3. The number of carbonyl (C=O) groups excluding carboxylic acids is 3. The number of nitrogens with zero attached hydrogens (tertiary/aromatic N) is 1. The smallest absolute Gasteiger partial charge is 0.326 e. The van der Waals surface area contributed by atoms with Gasteiger partial charge >= 0.3 is 5.97 Å². The molecule has 11 nitrogen and oxygen atoms in total. The molecular weight excluding hydrogens is 392 g/mol. The van der Waals surface area contributed by atoms with Gasteiger partial charge in [-0.25, -0.2) is 4.79 Å². The van der Waals surface area contributed by atoms with Crippen LogP contribution in [0.2, 0.25) is 0 Å². The Morgan fingerprint density at radius 3 is 2.07 bits per heavy atom. The molecule has 1 aliphatic heterocycles. The molecule has 0 bridgehead atoms. The van der Waals surface area contributed by atoms with Crippen LogP contribution in [0.25, 0.3) is 0 Å². The lowest BCUT2D eigenvalue weighted by atomic mass is 10.1. The second-order valence-electron chi connectivity index (χ2n) is 7.48. The van der Waals surface area contributed by atoms with Gasteiger partial charge in [-0.2, -0.15) is 0 Å². The van der Waals surface area contributed by atoms with Crippen LogP contribution in [-0.4, -0.2) is 78.0 Å². The Hall–Kier alpha value is -2.24.